The Bertz CT molecular complexity index is 50.5. The summed E-state index contributed by atoms with van der Waals surface area (Å²) in [6.45, 7) is 7.71. The van der Waals surface area contributed by atoms with Crippen molar-refractivity contribution in [2.45, 2.75) is 27.0 Å². The Kier molecular flexibility index (Phi) is 3.83. The van der Waals surface area contributed by atoms with Gasteiger partial charge in [0.15, 0.2) is 0 Å². The first kappa shape index (κ1) is 7.92. The third-order valence-corrected chi connectivity index (χ3v) is 1.34. The smallest absolute Gasteiger partial charge is 0.104 e. The topological polar surface area (TPSA) is 23.5 Å². The van der Waals surface area contributed by atoms with Gasteiger partial charge in [-0.05, 0) is 20.0 Å². The van der Waals surface area contributed by atoms with Crippen molar-refractivity contribution in [1.29, 1.82) is 0 Å². The van der Waals surface area contributed by atoms with Gasteiger partial charge in [-0.2, -0.15) is 0 Å². The zero-order valence-corrected chi connectivity index (χ0v) is 5.89. The first-order valence-electron chi connectivity index (χ1n) is 3.14. The molecule has 8 heavy (non-hydrogen) atoms. The number of hydrogen-bond acceptors (Lipinski definition) is 2. The molecule has 2 nitrogen and oxygen atoms in total. The molecule has 0 aromatic carbocycles. The largest absolute Gasteiger partial charge is 0.379 e. The van der Waals surface area contributed by atoms with Gasteiger partial charge in [0, 0.05) is 0 Å². The Morgan fingerprint density at radius 2 is 1.75 bits per heavy atom. The van der Waals surface area contributed by atoms with Crippen molar-refractivity contribution in [2.24, 2.45) is 0 Å². The molecular weight excluding hydrogens is 102 g/mol. The summed E-state index contributed by atoms with van der Waals surface area (Å²) < 4.78 is 0. The van der Waals surface area contributed by atoms with Crippen LogP contribution in [0.15, 0.2) is 0 Å². The van der Waals surface area contributed by atoms with Gasteiger partial charge in [-0.1, -0.05) is 13.8 Å². The highest BCUT2D eigenvalue weighted by Gasteiger charge is 2.02. The van der Waals surface area contributed by atoms with E-state index in [1.165, 1.54) is 0 Å². The molecular formula is C6H15NO. The third kappa shape index (κ3) is 2.28. The van der Waals surface area contributed by atoms with Crippen molar-refractivity contribution in [1.82, 2.24) is 4.90 Å². The molecule has 0 spiro atoms. The van der Waals surface area contributed by atoms with Crippen LogP contribution in [0.25, 0.3) is 0 Å². The lowest BCUT2D eigenvalue weighted by Gasteiger charge is -2.20. The molecule has 0 aliphatic heterocycles. The van der Waals surface area contributed by atoms with Crippen molar-refractivity contribution in [3.05, 3.63) is 0 Å². The molecule has 1 N–H and O–H groups in total. The van der Waals surface area contributed by atoms with Crippen LogP contribution >= 0.6 is 0 Å². The van der Waals surface area contributed by atoms with E-state index in [0.717, 1.165) is 13.1 Å². The fraction of sp³-hybridized carbons (Fsp3) is 1.00. The van der Waals surface area contributed by atoms with E-state index < -0.39 is 0 Å². The summed E-state index contributed by atoms with van der Waals surface area (Å²) >= 11 is 0. The van der Waals surface area contributed by atoms with Crippen LogP contribution in [-0.4, -0.2) is 29.3 Å². The van der Waals surface area contributed by atoms with E-state index in [0.29, 0.717) is 0 Å². The molecule has 0 saturated heterocycles. The van der Waals surface area contributed by atoms with Crippen LogP contribution < -0.4 is 0 Å². The number of aliphatic hydroxyl groups is 1. The van der Waals surface area contributed by atoms with Gasteiger partial charge in [0.2, 0.25) is 0 Å². The van der Waals surface area contributed by atoms with Gasteiger partial charge in [-0.25, -0.2) is 0 Å². The fourth-order valence-electron chi connectivity index (χ4n) is 0.752. The van der Waals surface area contributed by atoms with Crippen LogP contribution in [0.1, 0.15) is 20.8 Å². The lowest BCUT2D eigenvalue weighted by molar-refractivity contribution is 0.0265. The molecule has 1 atom stereocenters. The molecule has 50 valence electrons. The standard InChI is InChI=1S/C6H15NO/c1-4-7(5-2)6(3)8/h6,8H,4-5H2,1-3H3/t6-/m1/s1. The average molecular weight is 117 g/mol. The van der Waals surface area contributed by atoms with Crippen LogP contribution in [0.5, 0.6) is 0 Å². The zero-order chi connectivity index (χ0) is 6.57. The van der Waals surface area contributed by atoms with Crippen molar-refractivity contribution in [3.8, 4) is 0 Å². The first-order valence-corrected chi connectivity index (χ1v) is 3.14. The van der Waals surface area contributed by atoms with Crippen molar-refractivity contribution < 1.29 is 5.11 Å². The van der Waals surface area contributed by atoms with Gasteiger partial charge < -0.3 is 5.11 Å². The molecule has 0 radical (unpaired) electrons. The summed E-state index contributed by atoms with van der Waals surface area (Å²) in [7, 11) is 0. The molecule has 0 fully saturated rings. The normalized spacial score (nSPS) is 14.6. The van der Waals surface area contributed by atoms with Gasteiger partial charge in [-0.3, -0.25) is 4.90 Å². The van der Waals surface area contributed by atoms with Gasteiger partial charge in [-0.15, -0.1) is 0 Å². The fourth-order valence-corrected chi connectivity index (χ4v) is 0.752. The molecule has 0 aliphatic carbocycles. The van der Waals surface area contributed by atoms with E-state index in [1.54, 1.807) is 6.92 Å². The Morgan fingerprint density at radius 1 is 1.38 bits per heavy atom. The van der Waals surface area contributed by atoms with E-state index in [-0.39, 0.29) is 6.23 Å². The molecule has 0 aromatic heterocycles. The van der Waals surface area contributed by atoms with Gasteiger partial charge >= 0.3 is 0 Å². The Labute approximate surface area is 51.1 Å². The average Bonchev–Trinajstić information content (AvgIpc) is 1.69. The second kappa shape index (κ2) is 3.87. The minimum absolute atomic E-state index is 0.287. The monoisotopic (exact) mass is 117 g/mol. The van der Waals surface area contributed by atoms with Crippen LogP contribution in [-0.2, 0) is 0 Å². The summed E-state index contributed by atoms with van der Waals surface area (Å²) in [4.78, 5) is 1.97. The second-order valence-electron chi connectivity index (χ2n) is 1.85. The highest BCUT2D eigenvalue weighted by molar-refractivity contribution is 4.49. The molecule has 0 aromatic rings. The van der Waals surface area contributed by atoms with Crippen molar-refractivity contribution in [3.63, 3.8) is 0 Å². The van der Waals surface area contributed by atoms with Gasteiger partial charge in [0.25, 0.3) is 0 Å². The SMILES string of the molecule is CCN(CC)[C@@H](C)O. The van der Waals surface area contributed by atoms with Crippen LogP contribution in [0.2, 0.25) is 0 Å². The minimum atomic E-state index is -0.287. The quantitative estimate of drug-likeness (QED) is 0.549. The molecule has 0 rings (SSSR count). The van der Waals surface area contributed by atoms with Crippen molar-refractivity contribution >= 4 is 0 Å². The number of nitrogens with zero attached hydrogens (tertiary/aromatic N) is 1. The van der Waals surface area contributed by atoms with Crippen LogP contribution in [0.3, 0.4) is 0 Å². The minimum Gasteiger partial charge on any atom is -0.379 e. The van der Waals surface area contributed by atoms with E-state index in [2.05, 4.69) is 0 Å². The lowest BCUT2D eigenvalue weighted by Crippen LogP contribution is -2.32. The summed E-state index contributed by atoms with van der Waals surface area (Å²) in [5, 5.41) is 8.94. The molecule has 0 unspecified atom stereocenters. The Hall–Kier alpha value is -0.0800. The maximum atomic E-state index is 8.94. The molecule has 0 heterocycles. The van der Waals surface area contributed by atoms with Crippen molar-refractivity contribution in [2.75, 3.05) is 13.1 Å². The van der Waals surface area contributed by atoms with E-state index >= 15 is 0 Å². The number of aliphatic hydroxyl groups excluding tert-OH is 1. The Morgan fingerprint density at radius 3 is 1.75 bits per heavy atom. The number of hydrogen-bond donors (Lipinski definition) is 1. The predicted octanol–water partition coefficient (Wildman–Crippen LogP) is 0.666. The van der Waals surface area contributed by atoms with Gasteiger partial charge in [0.05, 0.1) is 0 Å². The maximum Gasteiger partial charge on any atom is 0.104 e. The summed E-state index contributed by atoms with van der Waals surface area (Å²) in [6.07, 6.45) is -0.287. The summed E-state index contributed by atoms with van der Waals surface area (Å²) in [5.74, 6) is 0. The zero-order valence-electron chi connectivity index (χ0n) is 5.89. The highest BCUT2D eigenvalue weighted by Crippen LogP contribution is 1.91. The molecule has 2 heteroatoms. The molecule has 0 saturated carbocycles. The van der Waals surface area contributed by atoms with Gasteiger partial charge in [0.1, 0.15) is 6.23 Å². The van der Waals surface area contributed by atoms with E-state index in [4.69, 9.17) is 5.11 Å². The summed E-state index contributed by atoms with van der Waals surface area (Å²) in [5.41, 5.74) is 0. The van der Waals surface area contributed by atoms with Crippen LogP contribution in [0.4, 0.5) is 0 Å². The number of rotatable bonds is 3. The second-order valence-corrected chi connectivity index (χ2v) is 1.85. The molecule has 0 aliphatic rings. The highest BCUT2D eigenvalue weighted by atomic mass is 16.3. The van der Waals surface area contributed by atoms with E-state index in [1.807, 2.05) is 18.7 Å². The Balaban J connectivity index is 3.35. The third-order valence-electron chi connectivity index (χ3n) is 1.34. The van der Waals surface area contributed by atoms with E-state index in [9.17, 15) is 0 Å². The lowest BCUT2D eigenvalue weighted by atomic mass is 10.5. The predicted molar refractivity (Wildman–Crippen MR) is 34.6 cm³/mol. The first-order chi connectivity index (χ1) is 3.72. The van der Waals surface area contributed by atoms with Crippen LogP contribution in [0, 0.1) is 0 Å². The molecule has 0 bridgehead atoms. The molecule has 0 amide bonds. The summed E-state index contributed by atoms with van der Waals surface area (Å²) in [6, 6.07) is 0. The maximum absolute atomic E-state index is 8.94.